The largest absolute Gasteiger partial charge is 0.355 e. The van der Waals surface area contributed by atoms with Crippen molar-refractivity contribution < 1.29 is 4.79 Å². The topological polar surface area (TPSA) is 64.0 Å². The number of nitrogens with one attached hydrogen (secondary N) is 1. The average molecular weight is 347 g/mol. The molecule has 1 heterocycles. The van der Waals surface area contributed by atoms with Gasteiger partial charge in [0, 0.05) is 13.1 Å². The molecule has 1 N–H and O–H groups in total. The van der Waals surface area contributed by atoms with Crippen LogP contribution in [0.2, 0.25) is 0 Å². The van der Waals surface area contributed by atoms with E-state index in [1.807, 2.05) is 18.2 Å². The van der Waals surface area contributed by atoms with Crippen molar-refractivity contribution >= 4 is 28.6 Å². The third-order valence-electron chi connectivity index (χ3n) is 3.41. The minimum absolute atomic E-state index is 0.0350. The molecule has 6 heteroatoms. The molecule has 0 saturated carbocycles. The van der Waals surface area contributed by atoms with Crippen molar-refractivity contribution in [2.24, 2.45) is 11.8 Å². The molecule has 0 bridgehead atoms. The fourth-order valence-electron chi connectivity index (χ4n) is 2.28. The Balaban J connectivity index is 2.27. The number of hydrogen-bond acceptors (Lipinski definition) is 4. The van der Waals surface area contributed by atoms with Crippen LogP contribution in [0.15, 0.2) is 34.2 Å². The van der Waals surface area contributed by atoms with E-state index < -0.39 is 0 Å². The van der Waals surface area contributed by atoms with Crippen LogP contribution >= 0.6 is 11.8 Å². The number of benzene rings is 1. The maximum Gasteiger partial charge on any atom is 0.262 e. The first-order chi connectivity index (χ1) is 11.4. The van der Waals surface area contributed by atoms with Crippen LogP contribution in [0.4, 0.5) is 0 Å². The molecule has 0 fully saturated rings. The highest BCUT2D eigenvalue weighted by molar-refractivity contribution is 7.99. The van der Waals surface area contributed by atoms with Crippen molar-refractivity contribution in [1.29, 1.82) is 0 Å². The van der Waals surface area contributed by atoms with E-state index in [1.165, 1.54) is 11.8 Å². The van der Waals surface area contributed by atoms with Gasteiger partial charge in [-0.05, 0) is 24.0 Å². The van der Waals surface area contributed by atoms with Gasteiger partial charge >= 0.3 is 0 Å². The molecule has 0 atom stereocenters. The van der Waals surface area contributed by atoms with Crippen LogP contribution in [0.5, 0.6) is 0 Å². The van der Waals surface area contributed by atoms with Crippen LogP contribution in [0.1, 0.15) is 27.7 Å². The van der Waals surface area contributed by atoms with Crippen LogP contribution in [0.3, 0.4) is 0 Å². The van der Waals surface area contributed by atoms with Gasteiger partial charge in [0.05, 0.1) is 16.7 Å². The quantitative estimate of drug-likeness (QED) is 0.618. The van der Waals surface area contributed by atoms with Gasteiger partial charge in [-0.25, -0.2) is 4.98 Å². The molecule has 1 aromatic heterocycles. The zero-order valence-electron chi connectivity index (χ0n) is 14.7. The molecule has 0 aliphatic rings. The van der Waals surface area contributed by atoms with Crippen molar-refractivity contribution in [2.45, 2.75) is 39.4 Å². The summed E-state index contributed by atoms with van der Waals surface area (Å²) in [6, 6.07) is 7.34. The lowest BCUT2D eigenvalue weighted by Gasteiger charge is -2.15. The summed E-state index contributed by atoms with van der Waals surface area (Å²) in [4.78, 5) is 29.3. The Morgan fingerprint density at radius 1 is 1.21 bits per heavy atom. The van der Waals surface area contributed by atoms with Gasteiger partial charge in [0.25, 0.3) is 5.56 Å². The Labute approximate surface area is 146 Å². The summed E-state index contributed by atoms with van der Waals surface area (Å²) in [6.45, 7) is 9.48. The number of carbonyl (C=O) groups excluding carboxylic acids is 1. The average Bonchev–Trinajstić information content (AvgIpc) is 2.53. The summed E-state index contributed by atoms with van der Waals surface area (Å²) in [5, 5.41) is 4.11. The van der Waals surface area contributed by atoms with E-state index in [9.17, 15) is 9.59 Å². The van der Waals surface area contributed by atoms with Crippen LogP contribution in [0.25, 0.3) is 10.9 Å². The van der Waals surface area contributed by atoms with Crippen molar-refractivity contribution in [2.75, 3.05) is 12.3 Å². The zero-order valence-corrected chi connectivity index (χ0v) is 15.5. The van der Waals surface area contributed by atoms with Gasteiger partial charge in [0.2, 0.25) is 5.91 Å². The zero-order chi connectivity index (χ0) is 17.7. The molecule has 5 nitrogen and oxygen atoms in total. The number of thioether (sulfide) groups is 1. The first-order valence-corrected chi connectivity index (χ1v) is 9.26. The summed E-state index contributed by atoms with van der Waals surface area (Å²) in [7, 11) is 0. The van der Waals surface area contributed by atoms with Crippen molar-refractivity contribution in [3.63, 3.8) is 0 Å². The SMILES string of the molecule is CC(C)CNC(=O)CSc1nc2ccccc2c(=O)n1CC(C)C. The second-order valence-corrected chi connectivity index (χ2v) is 7.65. The Hall–Kier alpha value is -1.82. The van der Waals surface area contributed by atoms with E-state index >= 15 is 0 Å². The fourth-order valence-corrected chi connectivity index (χ4v) is 3.12. The van der Waals surface area contributed by atoms with E-state index in [4.69, 9.17) is 0 Å². The maximum absolute atomic E-state index is 12.8. The predicted octanol–water partition coefficient (Wildman–Crippen LogP) is 2.92. The summed E-state index contributed by atoms with van der Waals surface area (Å²) < 4.78 is 1.69. The van der Waals surface area contributed by atoms with Gasteiger partial charge in [-0.15, -0.1) is 0 Å². The number of para-hydroxylation sites is 1. The Bertz CT molecular complexity index is 768. The summed E-state index contributed by atoms with van der Waals surface area (Å²) in [5.41, 5.74) is 0.631. The fraction of sp³-hybridized carbons (Fsp3) is 0.500. The minimum atomic E-state index is -0.0422. The second-order valence-electron chi connectivity index (χ2n) is 6.71. The lowest BCUT2D eigenvalue weighted by atomic mass is 10.2. The molecule has 24 heavy (non-hydrogen) atoms. The summed E-state index contributed by atoms with van der Waals surface area (Å²) in [5.74, 6) is 0.958. The van der Waals surface area contributed by atoms with Gasteiger partial charge in [-0.2, -0.15) is 0 Å². The van der Waals surface area contributed by atoms with Crippen molar-refractivity contribution in [3.05, 3.63) is 34.6 Å². The summed E-state index contributed by atoms with van der Waals surface area (Å²) in [6.07, 6.45) is 0. The van der Waals surface area contributed by atoms with E-state index in [0.29, 0.717) is 41.0 Å². The number of hydrogen-bond donors (Lipinski definition) is 1. The lowest BCUT2D eigenvalue weighted by molar-refractivity contribution is -0.118. The molecular weight excluding hydrogens is 322 g/mol. The third-order valence-corrected chi connectivity index (χ3v) is 4.39. The van der Waals surface area contributed by atoms with E-state index in [-0.39, 0.29) is 17.2 Å². The number of nitrogens with zero attached hydrogens (tertiary/aromatic N) is 2. The van der Waals surface area contributed by atoms with E-state index in [1.54, 1.807) is 10.6 Å². The lowest BCUT2D eigenvalue weighted by Crippen LogP contribution is -2.30. The number of aromatic nitrogens is 2. The standard InChI is InChI=1S/C18H25N3O2S/c1-12(2)9-19-16(22)11-24-18-20-15-8-6-5-7-14(15)17(23)21(18)10-13(3)4/h5-8,12-13H,9-11H2,1-4H3,(H,19,22). The molecule has 2 rings (SSSR count). The molecule has 0 saturated heterocycles. The molecule has 0 aliphatic carbocycles. The van der Waals surface area contributed by atoms with E-state index in [2.05, 4.69) is 38.0 Å². The third kappa shape index (κ3) is 4.84. The first-order valence-electron chi connectivity index (χ1n) is 8.27. The van der Waals surface area contributed by atoms with Gasteiger partial charge < -0.3 is 5.32 Å². The van der Waals surface area contributed by atoms with Crippen LogP contribution in [-0.2, 0) is 11.3 Å². The molecule has 2 aromatic rings. The van der Waals surface area contributed by atoms with Gasteiger partial charge in [0.15, 0.2) is 5.16 Å². The smallest absolute Gasteiger partial charge is 0.262 e. The molecule has 0 aliphatic heterocycles. The predicted molar refractivity (Wildman–Crippen MR) is 99.4 cm³/mol. The van der Waals surface area contributed by atoms with Crippen LogP contribution in [-0.4, -0.2) is 27.8 Å². The monoisotopic (exact) mass is 347 g/mol. The van der Waals surface area contributed by atoms with Crippen molar-refractivity contribution in [3.8, 4) is 0 Å². The van der Waals surface area contributed by atoms with Gasteiger partial charge in [0.1, 0.15) is 0 Å². The van der Waals surface area contributed by atoms with E-state index in [0.717, 1.165) is 0 Å². The molecular formula is C18H25N3O2S. The molecule has 0 radical (unpaired) electrons. The minimum Gasteiger partial charge on any atom is -0.355 e. The number of rotatable bonds is 7. The molecule has 0 unspecified atom stereocenters. The highest BCUT2D eigenvalue weighted by Crippen LogP contribution is 2.18. The van der Waals surface area contributed by atoms with Crippen LogP contribution in [0, 0.1) is 11.8 Å². The number of amides is 1. The molecule has 1 amide bonds. The Morgan fingerprint density at radius 2 is 1.92 bits per heavy atom. The highest BCUT2D eigenvalue weighted by atomic mass is 32.2. The Kier molecular flexibility index (Phi) is 6.43. The highest BCUT2D eigenvalue weighted by Gasteiger charge is 2.14. The first kappa shape index (κ1) is 18.5. The molecule has 1 aromatic carbocycles. The number of fused-ring (bicyclic) bond motifs is 1. The summed E-state index contributed by atoms with van der Waals surface area (Å²) >= 11 is 1.32. The molecule has 0 spiro atoms. The molecule has 130 valence electrons. The second kappa shape index (κ2) is 8.33. The van der Waals surface area contributed by atoms with Gasteiger partial charge in [-0.3, -0.25) is 14.2 Å². The maximum atomic E-state index is 12.8. The number of carbonyl (C=O) groups is 1. The van der Waals surface area contributed by atoms with Crippen molar-refractivity contribution in [1.82, 2.24) is 14.9 Å². The Morgan fingerprint density at radius 3 is 2.58 bits per heavy atom. The van der Waals surface area contributed by atoms with Crippen LogP contribution < -0.4 is 10.9 Å². The normalized spacial score (nSPS) is 11.4. The van der Waals surface area contributed by atoms with Gasteiger partial charge in [-0.1, -0.05) is 51.6 Å².